The third kappa shape index (κ3) is 3.99. The summed E-state index contributed by atoms with van der Waals surface area (Å²) in [6, 6.07) is 6.94. The molecule has 0 fully saturated rings. The van der Waals surface area contributed by atoms with Crippen molar-refractivity contribution in [1.29, 1.82) is 0 Å². The predicted molar refractivity (Wildman–Crippen MR) is 83.9 cm³/mol. The highest BCUT2D eigenvalue weighted by atomic mass is 32.2. The first-order valence-corrected chi connectivity index (χ1v) is 8.93. The molecular formula is C13H17N3O3S2. The Balaban J connectivity index is 2.10. The highest BCUT2D eigenvalue weighted by Crippen LogP contribution is 2.20. The van der Waals surface area contributed by atoms with Gasteiger partial charge in [0.25, 0.3) is 5.56 Å². The smallest absolute Gasteiger partial charge is 0.266 e. The third-order valence-corrected chi connectivity index (χ3v) is 5.63. The van der Waals surface area contributed by atoms with Crippen molar-refractivity contribution in [3.05, 3.63) is 40.0 Å². The summed E-state index contributed by atoms with van der Waals surface area (Å²) in [5, 5.41) is 5.69. The second kappa shape index (κ2) is 6.50. The first kappa shape index (κ1) is 15.9. The standard InChI is InChI=1S/C13H17N3O3S2/c1-10(2)21(18,19)14-7-8-16-13(17)6-5-11(15-16)12-4-3-9-20-12/h3-6,9-10,14H,7-8H2,1-2H3. The Kier molecular flexibility index (Phi) is 4.92. The van der Waals surface area contributed by atoms with Crippen LogP contribution in [0.3, 0.4) is 0 Å². The fourth-order valence-corrected chi connectivity index (χ4v) is 3.02. The number of sulfonamides is 1. The Labute approximate surface area is 127 Å². The molecule has 0 aliphatic rings. The van der Waals surface area contributed by atoms with Crippen LogP contribution in [-0.4, -0.2) is 30.0 Å². The summed E-state index contributed by atoms with van der Waals surface area (Å²) in [7, 11) is -3.33. The average Bonchev–Trinajstić information content (AvgIpc) is 2.94. The minimum absolute atomic E-state index is 0.140. The molecule has 0 aromatic carbocycles. The van der Waals surface area contributed by atoms with Crippen molar-refractivity contribution in [2.45, 2.75) is 25.6 Å². The number of thiophene rings is 1. The zero-order valence-corrected chi connectivity index (χ0v) is 13.4. The average molecular weight is 327 g/mol. The monoisotopic (exact) mass is 327 g/mol. The van der Waals surface area contributed by atoms with Crippen molar-refractivity contribution in [2.24, 2.45) is 0 Å². The molecule has 21 heavy (non-hydrogen) atoms. The van der Waals surface area contributed by atoms with E-state index in [1.807, 2.05) is 17.5 Å². The van der Waals surface area contributed by atoms with Crippen LogP contribution in [0.5, 0.6) is 0 Å². The van der Waals surface area contributed by atoms with Gasteiger partial charge in [-0.15, -0.1) is 11.3 Å². The SMILES string of the molecule is CC(C)S(=O)(=O)NCCn1nc(-c2cccs2)ccc1=O. The van der Waals surface area contributed by atoms with Crippen molar-refractivity contribution in [3.63, 3.8) is 0 Å². The quantitative estimate of drug-likeness (QED) is 0.867. The van der Waals surface area contributed by atoms with Crippen LogP contribution in [0.2, 0.25) is 0 Å². The molecule has 2 heterocycles. The van der Waals surface area contributed by atoms with Crippen molar-refractivity contribution >= 4 is 21.4 Å². The van der Waals surface area contributed by atoms with E-state index in [4.69, 9.17) is 0 Å². The van der Waals surface area contributed by atoms with E-state index < -0.39 is 15.3 Å². The van der Waals surface area contributed by atoms with E-state index in [2.05, 4.69) is 9.82 Å². The molecule has 0 saturated heterocycles. The molecule has 2 aromatic rings. The lowest BCUT2D eigenvalue weighted by molar-refractivity contribution is 0.543. The third-order valence-electron chi connectivity index (χ3n) is 2.89. The van der Waals surface area contributed by atoms with Gasteiger partial charge in [-0.3, -0.25) is 4.79 Å². The van der Waals surface area contributed by atoms with Gasteiger partial charge in [0.05, 0.1) is 16.7 Å². The van der Waals surface area contributed by atoms with Gasteiger partial charge in [0.2, 0.25) is 10.0 Å². The van der Waals surface area contributed by atoms with E-state index in [9.17, 15) is 13.2 Å². The molecule has 2 aromatic heterocycles. The fourth-order valence-electron chi connectivity index (χ4n) is 1.63. The molecular weight excluding hydrogens is 310 g/mol. The lowest BCUT2D eigenvalue weighted by Gasteiger charge is -2.10. The van der Waals surface area contributed by atoms with E-state index in [1.54, 1.807) is 19.9 Å². The summed E-state index contributed by atoms with van der Waals surface area (Å²) in [5.41, 5.74) is 0.454. The maximum Gasteiger partial charge on any atom is 0.266 e. The van der Waals surface area contributed by atoms with E-state index in [-0.39, 0.29) is 18.6 Å². The predicted octanol–water partition coefficient (Wildman–Crippen LogP) is 1.30. The second-order valence-corrected chi connectivity index (χ2v) is 8.01. The Morgan fingerprint density at radius 3 is 2.71 bits per heavy atom. The van der Waals surface area contributed by atoms with Crippen LogP contribution in [0.1, 0.15) is 13.8 Å². The molecule has 0 bridgehead atoms. The second-order valence-electron chi connectivity index (χ2n) is 4.75. The van der Waals surface area contributed by atoms with Gasteiger partial charge in [-0.25, -0.2) is 17.8 Å². The molecule has 0 aliphatic carbocycles. The molecule has 2 rings (SSSR count). The fraction of sp³-hybridized carbons (Fsp3) is 0.385. The Morgan fingerprint density at radius 1 is 1.33 bits per heavy atom. The van der Waals surface area contributed by atoms with Gasteiger partial charge in [0.15, 0.2) is 0 Å². The van der Waals surface area contributed by atoms with Gasteiger partial charge in [-0.2, -0.15) is 5.10 Å². The minimum atomic E-state index is -3.33. The van der Waals surface area contributed by atoms with Crippen LogP contribution < -0.4 is 10.3 Å². The number of aromatic nitrogens is 2. The molecule has 114 valence electrons. The molecule has 6 nitrogen and oxygen atoms in total. The van der Waals surface area contributed by atoms with E-state index in [1.165, 1.54) is 22.1 Å². The van der Waals surface area contributed by atoms with Gasteiger partial charge in [0, 0.05) is 12.6 Å². The maximum atomic E-state index is 11.8. The zero-order valence-electron chi connectivity index (χ0n) is 11.8. The summed E-state index contributed by atoms with van der Waals surface area (Å²) >= 11 is 1.53. The summed E-state index contributed by atoms with van der Waals surface area (Å²) in [6.45, 7) is 3.54. The summed E-state index contributed by atoms with van der Waals surface area (Å²) < 4.78 is 27.0. The van der Waals surface area contributed by atoms with Crippen LogP contribution in [0.15, 0.2) is 34.4 Å². The molecule has 1 N–H and O–H groups in total. The van der Waals surface area contributed by atoms with Crippen LogP contribution in [0.4, 0.5) is 0 Å². The molecule has 8 heteroatoms. The van der Waals surface area contributed by atoms with Crippen LogP contribution >= 0.6 is 11.3 Å². The van der Waals surface area contributed by atoms with E-state index >= 15 is 0 Å². The molecule has 0 atom stereocenters. The lowest BCUT2D eigenvalue weighted by Crippen LogP contribution is -2.35. The van der Waals surface area contributed by atoms with Gasteiger partial charge < -0.3 is 0 Å². The Hall–Kier alpha value is -1.51. The van der Waals surface area contributed by atoms with E-state index in [0.717, 1.165) is 4.88 Å². The highest BCUT2D eigenvalue weighted by Gasteiger charge is 2.14. The molecule has 0 aliphatic heterocycles. The van der Waals surface area contributed by atoms with Crippen molar-refractivity contribution in [1.82, 2.24) is 14.5 Å². The normalized spacial score (nSPS) is 12.0. The largest absolute Gasteiger partial charge is 0.268 e. The topological polar surface area (TPSA) is 81.1 Å². The van der Waals surface area contributed by atoms with Crippen LogP contribution in [0.25, 0.3) is 10.6 Å². The number of nitrogens with one attached hydrogen (secondary N) is 1. The molecule has 0 radical (unpaired) electrons. The maximum absolute atomic E-state index is 11.8. The first-order valence-electron chi connectivity index (χ1n) is 6.50. The van der Waals surface area contributed by atoms with Crippen molar-refractivity contribution < 1.29 is 8.42 Å². The van der Waals surface area contributed by atoms with Gasteiger partial charge >= 0.3 is 0 Å². The first-order chi connectivity index (χ1) is 9.90. The summed E-state index contributed by atoms with van der Waals surface area (Å²) in [6.07, 6.45) is 0. The van der Waals surface area contributed by atoms with Crippen LogP contribution in [0, 0.1) is 0 Å². The highest BCUT2D eigenvalue weighted by molar-refractivity contribution is 7.90. The molecule has 0 saturated carbocycles. The number of rotatable bonds is 6. The molecule has 0 amide bonds. The van der Waals surface area contributed by atoms with Gasteiger partial charge in [-0.05, 0) is 31.4 Å². The van der Waals surface area contributed by atoms with Gasteiger partial charge in [0.1, 0.15) is 5.69 Å². The lowest BCUT2D eigenvalue weighted by atomic mass is 10.3. The van der Waals surface area contributed by atoms with Crippen molar-refractivity contribution in [2.75, 3.05) is 6.54 Å². The Bertz CT molecular complexity index is 749. The molecule has 0 unspecified atom stereocenters. The number of hydrogen-bond acceptors (Lipinski definition) is 5. The van der Waals surface area contributed by atoms with Gasteiger partial charge in [-0.1, -0.05) is 6.07 Å². The Morgan fingerprint density at radius 2 is 2.10 bits per heavy atom. The van der Waals surface area contributed by atoms with Crippen LogP contribution in [-0.2, 0) is 16.6 Å². The van der Waals surface area contributed by atoms with Crippen molar-refractivity contribution in [3.8, 4) is 10.6 Å². The summed E-state index contributed by atoms with van der Waals surface area (Å²) in [4.78, 5) is 12.7. The summed E-state index contributed by atoms with van der Waals surface area (Å²) in [5.74, 6) is 0. The minimum Gasteiger partial charge on any atom is -0.268 e. The number of nitrogens with zero attached hydrogens (tertiary/aromatic N) is 2. The zero-order chi connectivity index (χ0) is 15.5. The molecule has 0 spiro atoms. The van der Waals surface area contributed by atoms with E-state index in [0.29, 0.717) is 5.69 Å². The number of hydrogen-bond donors (Lipinski definition) is 1.